The van der Waals surface area contributed by atoms with Crippen molar-refractivity contribution in [2.75, 3.05) is 40.0 Å². The zero-order valence-corrected chi connectivity index (χ0v) is 13.3. The lowest BCUT2D eigenvalue weighted by atomic mass is 10.1. The molecule has 1 saturated heterocycles. The highest BCUT2D eigenvalue weighted by atomic mass is 16.6. The molecule has 1 aliphatic heterocycles. The van der Waals surface area contributed by atoms with Crippen LogP contribution in [0.1, 0.15) is 27.2 Å². The van der Waals surface area contributed by atoms with Gasteiger partial charge in [0.2, 0.25) is 5.91 Å². The van der Waals surface area contributed by atoms with Crippen molar-refractivity contribution >= 4 is 12.0 Å². The van der Waals surface area contributed by atoms with Crippen LogP contribution in [0, 0.1) is 0 Å². The summed E-state index contributed by atoms with van der Waals surface area (Å²) < 4.78 is 15.3. The molecule has 0 spiro atoms. The monoisotopic (exact) mass is 302 g/mol. The van der Waals surface area contributed by atoms with Crippen molar-refractivity contribution in [3.8, 4) is 0 Å². The van der Waals surface area contributed by atoms with Crippen molar-refractivity contribution in [2.45, 2.75) is 38.8 Å². The first kappa shape index (κ1) is 17.7. The molecule has 0 bridgehead atoms. The largest absolute Gasteiger partial charge is 0.444 e. The van der Waals surface area contributed by atoms with Gasteiger partial charge in [0.25, 0.3) is 0 Å². The average molecular weight is 302 g/mol. The molecule has 0 atom stereocenters. The van der Waals surface area contributed by atoms with Gasteiger partial charge in [0.05, 0.1) is 25.9 Å². The summed E-state index contributed by atoms with van der Waals surface area (Å²) in [4.78, 5) is 24.9. The van der Waals surface area contributed by atoms with E-state index in [1.165, 1.54) is 0 Å². The lowest BCUT2D eigenvalue weighted by Gasteiger charge is -2.39. The van der Waals surface area contributed by atoms with Crippen LogP contribution in [0.3, 0.4) is 0 Å². The zero-order chi connectivity index (χ0) is 15.9. The van der Waals surface area contributed by atoms with Gasteiger partial charge in [-0.3, -0.25) is 4.79 Å². The Bertz CT molecular complexity index is 348. The second kappa shape index (κ2) is 8.19. The predicted octanol–water partition coefficient (Wildman–Crippen LogP) is 0.775. The van der Waals surface area contributed by atoms with Crippen LogP contribution in [0.2, 0.25) is 0 Å². The number of ether oxygens (including phenoxy) is 3. The lowest BCUT2D eigenvalue weighted by molar-refractivity contribution is -0.124. The van der Waals surface area contributed by atoms with Crippen LogP contribution in [-0.2, 0) is 19.0 Å². The highest BCUT2D eigenvalue weighted by molar-refractivity contribution is 5.77. The lowest BCUT2D eigenvalue weighted by Crippen LogP contribution is -2.61. The smallest absolute Gasteiger partial charge is 0.410 e. The summed E-state index contributed by atoms with van der Waals surface area (Å²) in [5, 5.41) is 2.86. The molecule has 0 aliphatic carbocycles. The SMILES string of the molecule is COCCOCCC(=O)NC1CN(C(=O)OC(C)(C)C)C1. The molecule has 0 radical (unpaired) electrons. The van der Waals surface area contributed by atoms with Crippen molar-refractivity contribution in [3.63, 3.8) is 0 Å². The number of rotatable bonds is 7. The third kappa shape index (κ3) is 7.29. The fourth-order valence-corrected chi connectivity index (χ4v) is 1.75. The van der Waals surface area contributed by atoms with Gasteiger partial charge in [0.15, 0.2) is 0 Å². The Hall–Kier alpha value is -1.34. The van der Waals surface area contributed by atoms with Crippen molar-refractivity contribution < 1.29 is 23.8 Å². The first-order valence-corrected chi connectivity index (χ1v) is 7.16. The molecule has 2 amide bonds. The van der Waals surface area contributed by atoms with E-state index in [1.54, 1.807) is 12.0 Å². The topological polar surface area (TPSA) is 77.1 Å². The number of carbonyl (C=O) groups excluding carboxylic acids is 2. The van der Waals surface area contributed by atoms with Crippen molar-refractivity contribution in [2.24, 2.45) is 0 Å². The molecule has 0 saturated carbocycles. The minimum absolute atomic E-state index is 0.00370. The molecule has 1 aliphatic rings. The molecule has 21 heavy (non-hydrogen) atoms. The Morgan fingerprint density at radius 3 is 2.43 bits per heavy atom. The molecule has 0 aromatic heterocycles. The van der Waals surface area contributed by atoms with Gasteiger partial charge < -0.3 is 24.4 Å². The summed E-state index contributed by atoms with van der Waals surface area (Å²) in [7, 11) is 1.60. The van der Waals surface area contributed by atoms with Crippen LogP contribution in [0.5, 0.6) is 0 Å². The molecule has 1 N–H and O–H groups in total. The van der Waals surface area contributed by atoms with Crippen molar-refractivity contribution in [1.29, 1.82) is 0 Å². The van der Waals surface area contributed by atoms with E-state index in [-0.39, 0.29) is 18.0 Å². The van der Waals surface area contributed by atoms with E-state index in [9.17, 15) is 9.59 Å². The Labute approximate surface area is 125 Å². The predicted molar refractivity (Wildman–Crippen MR) is 77.0 cm³/mol. The highest BCUT2D eigenvalue weighted by Gasteiger charge is 2.34. The minimum Gasteiger partial charge on any atom is -0.444 e. The summed E-state index contributed by atoms with van der Waals surface area (Å²) in [6.07, 6.45) is -0.0250. The quantitative estimate of drug-likeness (QED) is 0.703. The van der Waals surface area contributed by atoms with Gasteiger partial charge in [0.1, 0.15) is 5.60 Å². The molecular formula is C14H26N2O5. The van der Waals surface area contributed by atoms with E-state index >= 15 is 0 Å². The normalized spacial score (nSPS) is 15.5. The van der Waals surface area contributed by atoms with E-state index in [1.807, 2.05) is 20.8 Å². The second-order valence-electron chi connectivity index (χ2n) is 6.00. The summed E-state index contributed by atoms with van der Waals surface area (Å²) >= 11 is 0. The first-order valence-electron chi connectivity index (χ1n) is 7.16. The van der Waals surface area contributed by atoms with Crippen LogP contribution in [0.4, 0.5) is 4.79 Å². The van der Waals surface area contributed by atoms with Gasteiger partial charge in [-0.2, -0.15) is 0 Å². The van der Waals surface area contributed by atoms with Gasteiger partial charge in [0, 0.05) is 26.6 Å². The average Bonchev–Trinajstić information content (AvgIpc) is 2.30. The molecule has 0 unspecified atom stereocenters. The Kier molecular flexibility index (Phi) is 6.91. The second-order valence-corrected chi connectivity index (χ2v) is 6.00. The molecule has 0 aromatic carbocycles. The van der Waals surface area contributed by atoms with E-state index in [0.717, 1.165) is 0 Å². The summed E-state index contributed by atoms with van der Waals surface area (Å²) in [6.45, 7) is 7.84. The maximum absolute atomic E-state index is 11.7. The fourth-order valence-electron chi connectivity index (χ4n) is 1.75. The number of likely N-dealkylation sites (tertiary alicyclic amines) is 1. The Morgan fingerprint density at radius 1 is 1.19 bits per heavy atom. The van der Waals surface area contributed by atoms with Gasteiger partial charge in [-0.25, -0.2) is 4.79 Å². The van der Waals surface area contributed by atoms with Crippen molar-refractivity contribution in [3.05, 3.63) is 0 Å². The number of hydrogen-bond acceptors (Lipinski definition) is 5. The van der Waals surface area contributed by atoms with Gasteiger partial charge in [-0.15, -0.1) is 0 Å². The Balaban J connectivity index is 2.09. The minimum atomic E-state index is -0.495. The number of nitrogens with one attached hydrogen (secondary N) is 1. The van der Waals surface area contributed by atoms with Gasteiger partial charge in [-0.1, -0.05) is 0 Å². The molecular weight excluding hydrogens is 276 g/mol. The van der Waals surface area contributed by atoms with E-state index in [4.69, 9.17) is 14.2 Å². The molecule has 7 heteroatoms. The first-order chi connectivity index (χ1) is 9.81. The summed E-state index contributed by atoms with van der Waals surface area (Å²) in [5.41, 5.74) is -0.495. The van der Waals surface area contributed by atoms with E-state index < -0.39 is 5.60 Å². The molecule has 1 heterocycles. The summed E-state index contributed by atoms with van der Waals surface area (Å²) in [6, 6.07) is 0.00370. The van der Waals surface area contributed by atoms with Crippen LogP contribution in [-0.4, -0.2) is 68.6 Å². The number of hydrogen-bond donors (Lipinski definition) is 1. The molecule has 1 fully saturated rings. The highest BCUT2D eigenvalue weighted by Crippen LogP contribution is 2.15. The van der Waals surface area contributed by atoms with Crippen LogP contribution < -0.4 is 5.32 Å². The Morgan fingerprint density at radius 2 is 1.86 bits per heavy atom. The zero-order valence-electron chi connectivity index (χ0n) is 13.3. The fraction of sp³-hybridized carbons (Fsp3) is 0.857. The van der Waals surface area contributed by atoms with Crippen molar-refractivity contribution in [1.82, 2.24) is 10.2 Å². The van der Waals surface area contributed by atoms with Crippen LogP contribution >= 0.6 is 0 Å². The van der Waals surface area contributed by atoms with Crippen LogP contribution in [0.15, 0.2) is 0 Å². The van der Waals surface area contributed by atoms with Gasteiger partial charge >= 0.3 is 6.09 Å². The standard InChI is InChI=1S/C14H26N2O5/c1-14(2,3)21-13(18)16-9-11(10-16)15-12(17)5-6-20-8-7-19-4/h11H,5-10H2,1-4H3,(H,15,17). The third-order valence-electron chi connectivity index (χ3n) is 2.80. The molecule has 1 rings (SSSR count). The van der Waals surface area contributed by atoms with E-state index in [2.05, 4.69) is 5.32 Å². The number of amides is 2. The van der Waals surface area contributed by atoms with E-state index in [0.29, 0.717) is 39.3 Å². The maximum Gasteiger partial charge on any atom is 0.410 e. The third-order valence-corrected chi connectivity index (χ3v) is 2.80. The number of methoxy groups -OCH3 is 1. The maximum atomic E-state index is 11.7. The van der Waals surface area contributed by atoms with Crippen LogP contribution in [0.25, 0.3) is 0 Å². The molecule has 0 aromatic rings. The molecule has 122 valence electrons. The molecule has 7 nitrogen and oxygen atoms in total. The number of nitrogens with zero attached hydrogens (tertiary/aromatic N) is 1. The van der Waals surface area contributed by atoms with Gasteiger partial charge in [-0.05, 0) is 20.8 Å². The number of carbonyl (C=O) groups is 2. The summed E-state index contributed by atoms with van der Waals surface area (Å²) in [5.74, 6) is -0.0683.